The van der Waals surface area contributed by atoms with Crippen molar-refractivity contribution in [2.45, 2.75) is 45.3 Å². The van der Waals surface area contributed by atoms with Crippen molar-refractivity contribution in [2.75, 3.05) is 18.9 Å². The van der Waals surface area contributed by atoms with Crippen LogP contribution in [0.25, 0.3) is 0 Å². The molecule has 6 heteroatoms. The van der Waals surface area contributed by atoms with E-state index in [1.54, 1.807) is 0 Å². The third kappa shape index (κ3) is 3.96. The molecule has 1 aliphatic rings. The molecule has 1 saturated heterocycles. The van der Waals surface area contributed by atoms with Crippen LogP contribution in [0.3, 0.4) is 0 Å². The predicted molar refractivity (Wildman–Crippen MR) is 71.3 cm³/mol. The molecule has 0 aliphatic carbocycles. The summed E-state index contributed by atoms with van der Waals surface area (Å²) in [5.74, 6) is 0.726. The van der Waals surface area contributed by atoms with Gasteiger partial charge in [-0.15, -0.1) is 0 Å². The Balaban J connectivity index is 1.95. The first-order valence-corrected chi connectivity index (χ1v) is 6.68. The molecule has 0 aromatic carbocycles. The summed E-state index contributed by atoms with van der Waals surface area (Å²) >= 11 is 0. The fourth-order valence-corrected chi connectivity index (χ4v) is 1.91. The van der Waals surface area contributed by atoms with Gasteiger partial charge in [0.05, 0.1) is 12.2 Å². The highest BCUT2D eigenvalue weighted by Crippen LogP contribution is 2.27. The normalized spacial score (nSPS) is 19.4. The van der Waals surface area contributed by atoms with E-state index < -0.39 is 0 Å². The van der Waals surface area contributed by atoms with Crippen molar-refractivity contribution in [1.82, 2.24) is 9.97 Å². The molecule has 0 radical (unpaired) electrons. The highest BCUT2D eigenvalue weighted by molar-refractivity contribution is 5.55. The van der Waals surface area contributed by atoms with Gasteiger partial charge >= 0.3 is 0 Å². The maximum atomic E-state index is 5.93. The lowest BCUT2D eigenvalue weighted by Gasteiger charge is -2.22. The number of nitrogens with two attached hydrogens (primary N) is 1. The quantitative estimate of drug-likeness (QED) is 0.876. The van der Waals surface area contributed by atoms with Crippen LogP contribution in [0, 0.1) is 0 Å². The molecule has 1 atom stereocenters. The molecule has 1 fully saturated rings. The number of nitrogens with zero attached hydrogens (tertiary/aromatic N) is 2. The molecule has 19 heavy (non-hydrogen) atoms. The molecular formula is C13H21N3O3. The summed E-state index contributed by atoms with van der Waals surface area (Å²) < 4.78 is 16.7. The molecule has 6 nitrogen and oxygen atoms in total. The summed E-state index contributed by atoms with van der Waals surface area (Å²) in [6, 6.07) is 0. The molecule has 2 rings (SSSR count). The molecular weight excluding hydrogens is 246 g/mol. The van der Waals surface area contributed by atoms with Crippen molar-refractivity contribution in [3.63, 3.8) is 0 Å². The van der Waals surface area contributed by atoms with Crippen LogP contribution in [0.2, 0.25) is 0 Å². The van der Waals surface area contributed by atoms with E-state index in [1.807, 2.05) is 13.8 Å². The summed E-state index contributed by atoms with van der Waals surface area (Å²) in [5.41, 5.74) is 6.27. The van der Waals surface area contributed by atoms with E-state index in [1.165, 1.54) is 12.7 Å². The van der Waals surface area contributed by atoms with Crippen molar-refractivity contribution < 1.29 is 14.2 Å². The second-order valence-corrected chi connectivity index (χ2v) is 4.86. The summed E-state index contributed by atoms with van der Waals surface area (Å²) in [6.45, 7) is 5.09. The van der Waals surface area contributed by atoms with Crippen molar-refractivity contribution in [3.05, 3.63) is 6.33 Å². The van der Waals surface area contributed by atoms with Gasteiger partial charge in [-0.2, -0.15) is 9.97 Å². The van der Waals surface area contributed by atoms with Crippen LogP contribution in [0.5, 0.6) is 11.8 Å². The second kappa shape index (κ2) is 6.56. The molecule has 106 valence electrons. The Bertz CT molecular complexity index is 406. The monoisotopic (exact) mass is 267 g/mol. The first-order chi connectivity index (χ1) is 9.16. The molecule has 1 aromatic rings. The number of rotatable bonds is 5. The molecule has 2 N–H and O–H groups in total. The molecule has 2 heterocycles. The number of aromatic nitrogens is 2. The Morgan fingerprint density at radius 1 is 1.37 bits per heavy atom. The molecule has 0 bridgehead atoms. The lowest BCUT2D eigenvalue weighted by Crippen LogP contribution is -2.26. The van der Waals surface area contributed by atoms with E-state index in [-0.39, 0.29) is 12.2 Å². The summed E-state index contributed by atoms with van der Waals surface area (Å²) in [4.78, 5) is 8.04. The minimum Gasteiger partial charge on any atom is -0.473 e. The first-order valence-electron chi connectivity index (χ1n) is 6.68. The molecule has 1 aliphatic heterocycles. The van der Waals surface area contributed by atoms with E-state index in [9.17, 15) is 0 Å². The van der Waals surface area contributed by atoms with Crippen LogP contribution in [0.1, 0.15) is 33.1 Å². The minimum absolute atomic E-state index is 0.00623. The minimum atomic E-state index is 0.00623. The topological polar surface area (TPSA) is 79.5 Å². The van der Waals surface area contributed by atoms with Crippen LogP contribution in [0.15, 0.2) is 6.33 Å². The lowest BCUT2D eigenvalue weighted by atomic mass is 10.1. The predicted octanol–water partition coefficient (Wildman–Crippen LogP) is 1.79. The Hall–Kier alpha value is -1.56. The van der Waals surface area contributed by atoms with Crippen molar-refractivity contribution in [2.24, 2.45) is 0 Å². The van der Waals surface area contributed by atoms with Gasteiger partial charge in [0.1, 0.15) is 12.9 Å². The highest BCUT2D eigenvalue weighted by atomic mass is 16.5. The van der Waals surface area contributed by atoms with Gasteiger partial charge in [-0.1, -0.05) is 0 Å². The van der Waals surface area contributed by atoms with Crippen LogP contribution < -0.4 is 15.2 Å². The summed E-state index contributed by atoms with van der Waals surface area (Å²) in [7, 11) is 0. The number of hydrogen-bond acceptors (Lipinski definition) is 6. The van der Waals surface area contributed by atoms with E-state index in [0.29, 0.717) is 24.1 Å². The number of ether oxygens (including phenoxy) is 3. The zero-order valence-corrected chi connectivity index (χ0v) is 11.5. The fourth-order valence-electron chi connectivity index (χ4n) is 1.91. The van der Waals surface area contributed by atoms with Crippen molar-refractivity contribution >= 4 is 5.69 Å². The van der Waals surface area contributed by atoms with Crippen LogP contribution in [-0.4, -0.2) is 35.4 Å². The van der Waals surface area contributed by atoms with Gasteiger partial charge in [-0.25, -0.2) is 0 Å². The van der Waals surface area contributed by atoms with Gasteiger partial charge in [-0.3, -0.25) is 0 Å². The molecule has 1 unspecified atom stereocenters. The number of nitrogen functional groups attached to an aromatic ring is 1. The SMILES string of the molecule is CC(C)Oc1ncnc(OCC2CCCCO2)c1N. The highest BCUT2D eigenvalue weighted by Gasteiger charge is 2.17. The maximum absolute atomic E-state index is 5.93. The maximum Gasteiger partial charge on any atom is 0.244 e. The third-order valence-electron chi connectivity index (χ3n) is 2.84. The van der Waals surface area contributed by atoms with Crippen LogP contribution in [-0.2, 0) is 4.74 Å². The fraction of sp³-hybridized carbons (Fsp3) is 0.692. The van der Waals surface area contributed by atoms with E-state index >= 15 is 0 Å². The number of hydrogen-bond donors (Lipinski definition) is 1. The largest absolute Gasteiger partial charge is 0.473 e. The van der Waals surface area contributed by atoms with Gasteiger partial charge in [-0.05, 0) is 33.1 Å². The zero-order chi connectivity index (χ0) is 13.7. The molecule has 1 aromatic heterocycles. The lowest BCUT2D eigenvalue weighted by molar-refractivity contribution is -0.0118. The average Bonchev–Trinajstić information content (AvgIpc) is 2.40. The van der Waals surface area contributed by atoms with Gasteiger partial charge in [0.25, 0.3) is 0 Å². The summed E-state index contributed by atoms with van der Waals surface area (Å²) in [6.07, 6.45) is 4.84. The average molecular weight is 267 g/mol. The van der Waals surface area contributed by atoms with Gasteiger partial charge in [0.15, 0.2) is 5.69 Å². The van der Waals surface area contributed by atoms with Gasteiger partial charge in [0, 0.05) is 6.61 Å². The first kappa shape index (κ1) is 13.9. The third-order valence-corrected chi connectivity index (χ3v) is 2.84. The molecule has 0 saturated carbocycles. The second-order valence-electron chi connectivity index (χ2n) is 4.86. The standard InChI is InChI=1S/C13H21N3O3/c1-9(2)19-13-11(14)12(15-8-16-13)18-7-10-5-3-4-6-17-10/h8-10H,3-7,14H2,1-2H3. The van der Waals surface area contributed by atoms with Crippen LogP contribution >= 0.6 is 0 Å². The number of anilines is 1. The Morgan fingerprint density at radius 3 is 2.84 bits per heavy atom. The Kier molecular flexibility index (Phi) is 4.79. The van der Waals surface area contributed by atoms with Crippen molar-refractivity contribution in [1.29, 1.82) is 0 Å². The Morgan fingerprint density at radius 2 is 2.16 bits per heavy atom. The van der Waals surface area contributed by atoms with Crippen molar-refractivity contribution in [3.8, 4) is 11.8 Å². The van der Waals surface area contributed by atoms with E-state index in [4.69, 9.17) is 19.9 Å². The molecule has 0 spiro atoms. The Labute approximate surface area is 113 Å². The zero-order valence-electron chi connectivity index (χ0n) is 11.5. The van der Waals surface area contributed by atoms with E-state index in [2.05, 4.69) is 9.97 Å². The van der Waals surface area contributed by atoms with Gasteiger partial charge < -0.3 is 19.9 Å². The van der Waals surface area contributed by atoms with Crippen LogP contribution in [0.4, 0.5) is 5.69 Å². The van der Waals surface area contributed by atoms with E-state index in [0.717, 1.165) is 19.4 Å². The van der Waals surface area contributed by atoms with Gasteiger partial charge in [0.2, 0.25) is 11.8 Å². The summed E-state index contributed by atoms with van der Waals surface area (Å²) in [5, 5.41) is 0. The molecule has 0 amide bonds. The smallest absolute Gasteiger partial charge is 0.244 e.